The second-order valence-corrected chi connectivity index (χ2v) is 4.26. The number of benzene rings is 1. The zero-order valence-corrected chi connectivity index (χ0v) is 10.5. The van der Waals surface area contributed by atoms with E-state index in [1.807, 2.05) is 24.3 Å². The lowest BCUT2D eigenvalue weighted by Gasteiger charge is -2.16. The highest BCUT2D eigenvalue weighted by atomic mass is 79.9. The molecule has 0 fully saturated rings. The zero-order valence-electron chi connectivity index (χ0n) is 8.87. The van der Waals surface area contributed by atoms with Gasteiger partial charge in [-0.05, 0) is 24.1 Å². The van der Waals surface area contributed by atoms with Crippen molar-refractivity contribution >= 4 is 15.9 Å². The summed E-state index contributed by atoms with van der Waals surface area (Å²) in [6, 6.07) is 8.12. The average Bonchev–Trinajstić information content (AvgIpc) is 2.26. The molecule has 0 aromatic heterocycles. The van der Waals surface area contributed by atoms with Gasteiger partial charge in [-0.15, -0.1) is 0 Å². The summed E-state index contributed by atoms with van der Waals surface area (Å²) in [5, 5.41) is 0. The van der Waals surface area contributed by atoms with E-state index < -0.39 is 0 Å². The number of hydrazine groups is 1. The Morgan fingerprint density at radius 1 is 1.40 bits per heavy atom. The maximum atomic E-state index is 5.48. The standard InChI is InChI=1S/C11H17BrN2O/c1-2-7-15-8-11(14-13)9-3-5-10(12)6-4-9/h3-6,11,14H,2,7-8,13H2,1H3. The molecule has 0 amide bonds. The first-order chi connectivity index (χ1) is 7.27. The van der Waals surface area contributed by atoms with Crippen molar-refractivity contribution in [1.82, 2.24) is 5.43 Å². The summed E-state index contributed by atoms with van der Waals surface area (Å²) in [5.74, 6) is 5.48. The predicted octanol–water partition coefficient (Wildman–Crippen LogP) is 2.38. The molecule has 4 heteroatoms. The molecule has 1 aromatic carbocycles. The first-order valence-electron chi connectivity index (χ1n) is 5.07. The van der Waals surface area contributed by atoms with Crippen molar-refractivity contribution < 1.29 is 4.74 Å². The van der Waals surface area contributed by atoms with E-state index in [0.717, 1.165) is 23.1 Å². The van der Waals surface area contributed by atoms with Crippen LogP contribution in [0.4, 0.5) is 0 Å². The van der Waals surface area contributed by atoms with Crippen molar-refractivity contribution in [3.63, 3.8) is 0 Å². The summed E-state index contributed by atoms with van der Waals surface area (Å²) in [7, 11) is 0. The van der Waals surface area contributed by atoms with Crippen molar-refractivity contribution in [2.45, 2.75) is 19.4 Å². The molecule has 0 radical (unpaired) electrons. The molecule has 0 aliphatic heterocycles. The second-order valence-electron chi connectivity index (χ2n) is 3.35. The highest BCUT2D eigenvalue weighted by Crippen LogP contribution is 2.16. The van der Waals surface area contributed by atoms with Crippen LogP contribution in [0.25, 0.3) is 0 Å². The third-order valence-electron chi connectivity index (χ3n) is 2.11. The molecule has 1 unspecified atom stereocenters. The molecule has 0 saturated heterocycles. The van der Waals surface area contributed by atoms with Crippen molar-refractivity contribution in [2.24, 2.45) is 5.84 Å². The Morgan fingerprint density at radius 3 is 2.60 bits per heavy atom. The van der Waals surface area contributed by atoms with Crippen molar-refractivity contribution in [3.05, 3.63) is 34.3 Å². The SMILES string of the molecule is CCCOCC(NN)c1ccc(Br)cc1. The quantitative estimate of drug-likeness (QED) is 0.475. The molecule has 1 aromatic rings. The van der Waals surface area contributed by atoms with Crippen LogP contribution in [-0.4, -0.2) is 13.2 Å². The van der Waals surface area contributed by atoms with Gasteiger partial charge < -0.3 is 4.74 Å². The zero-order chi connectivity index (χ0) is 11.1. The van der Waals surface area contributed by atoms with E-state index in [0.29, 0.717) is 6.61 Å². The molecule has 0 aliphatic carbocycles. The molecule has 1 rings (SSSR count). The van der Waals surface area contributed by atoms with Gasteiger partial charge in [-0.3, -0.25) is 11.3 Å². The lowest BCUT2D eigenvalue weighted by atomic mass is 10.1. The van der Waals surface area contributed by atoms with E-state index >= 15 is 0 Å². The summed E-state index contributed by atoms with van der Waals surface area (Å²) < 4.78 is 6.53. The first-order valence-corrected chi connectivity index (χ1v) is 5.86. The van der Waals surface area contributed by atoms with Crippen LogP contribution in [0, 0.1) is 0 Å². The topological polar surface area (TPSA) is 47.3 Å². The molecule has 3 nitrogen and oxygen atoms in total. The average molecular weight is 273 g/mol. The summed E-state index contributed by atoms with van der Waals surface area (Å²) in [5.41, 5.74) is 3.89. The minimum atomic E-state index is 0.0599. The van der Waals surface area contributed by atoms with Gasteiger partial charge in [-0.25, -0.2) is 0 Å². The smallest absolute Gasteiger partial charge is 0.0693 e. The van der Waals surface area contributed by atoms with Crippen molar-refractivity contribution in [2.75, 3.05) is 13.2 Å². The van der Waals surface area contributed by atoms with Crippen LogP contribution in [0.2, 0.25) is 0 Å². The third kappa shape index (κ3) is 4.30. The Bertz CT molecular complexity index is 276. The fourth-order valence-corrected chi connectivity index (χ4v) is 1.55. The Kier molecular flexibility index (Phi) is 5.86. The van der Waals surface area contributed by atoms with E-state index in [2.05, 4.69) is 28.3 Å². The largest absolute Gasteiger partial charge is 0.379 e. The maximum absolute atomic E-state index is 5.48. The van der Waals surface area contributed by atoms with Crippen LogP contribution in [0.3, 0.4) is 0 Å². The normalized spacial score (nSPS) is 12.7. The van der Waals surface area contributed by atoms with E-state index in [9.17, 15) is 0 Å². The van der Waals surface area contributed by atoms with Gasteiger partial charge in [0.25, 0.3) is 0 Å². The van der Waals surface area contributed by atoms with E-state index in [4.69, 9.17) is 10.6 Å². The van der Waals surface area contributed by atoms with Gasteiger partial charge >= 0.3 is 0 Å². The Morgan fingerprint density at radius 2 is 2.07 bits per heavy atom. The van der Waals surface area contributed by atoms with Crippen LogP contribution >= 0.6 is 15.9 Å². The van der Waals surface area contributed by atoms with Gasteiger partial charge in [-0.1, -0.05) is 35.0 Å². The number of hydrogen-bond donors (Lipinski definition) is 2. The second kappa shape index (κ2) is 6.95. The number of ether oxygens (including phenoxy) is 1. The number of nitrogens with two attached hydrogens (primary N) is 1. The van der Waals surface area contributed by atoms with Crippen LogP contribution in [0.5, 0.6) is 0 Å². The number of halogens is 1. The molecule has 0 saturated carbocycles. The first kappa shape index (κ1) is 12.6. The lowest BCUT2D eigenvalue weighted by molar-refractivity contribution is 0.112. The highest BCUT2D eigenvalue weighted by Gasteiger charge is 2.08. The minimum absolute atomic E-state index is 0.0599. The molecule has 0 heterocycles. The van der Waals surface area contributed by atoms with Crippen molar-refractivity contribution in [1.29, 1.82) is 0 Å². The minimum Gasteiger partial charge on any atom is -0.379 e. The third-order valence-corrected chi connectivity index (χ3v) is 2.64. The number of hydrogen-bond acceptors (Lipinski definition) is 3. The molecular formula is C11H17BrN2O. The number of rotatable bonds is 6. The molecule has 84 valence electrons. The highest BCUT2D eigenvalue weighted by molar-refractivity contribution is 9.10. The Labute approximate surface area is 99.1 Å². The van der Waals surface area contributed by atoms with Crippen LogP contribution in [-0.2, 0) is 4.74 Å². The van der Waals surface area contributed by atoms with Crippen molar-refractivity contribution in [3.8, 4) is 0 Å². The Balaban J connectivity index is 2.53. The molecule has 3 N–H and O–H groups in total. The monoisotopic (exact) mass is 272 g/mol. The van der Waals surface area contributed by atoms with Crippen LogP contribution < -0.4 is 11.3 Å². The van der Waals surface area contributed by atoms with E-state index in [1.54, 1.807) is 0 Å². The van der Waals surface area contributed by atoms with E-state index in [-0.39, 0.29) is 6.04 Å². The van der Waals surface area contributed by atoms with Gasteiger partial charge in [0.15, 0.2) is 0 Å². The maximum Gasteiger partial charge on any atom is 0.0693 e. The van der Waals surface area contributed by atoms with Crippen LogP contribution in [0.1, 0.15) is 24.9 Å². The summed E-state index contributed by atoms with van der Waals surface area (Å²) >= 11 is 3.40. The molecule has 0 bridgehead atoms. The van der Waals surface area contributed by atoms with Gasteiger partial charge in [0.1, 0.15) is 0 Å². The molecular weight excluding hydrogens is 256 g/mol. The van der Waals surface area contributed by atoms with Gasteiger partial charge in [0, 0.05) is 11.1 Å². The fourth-order valence-electron chi connectivity index (χ4n) is 1.28. The fraction of sp³-hybridized carbons (Fsp3) is 0.455. The van der Waals surface area contributed by atoms with Gasteiger partial charge in [-0.2, -0.15) is 0 Å². The molecule has 15 heavy (non-hydrogen) atoms. The summed E-state index contributed by atoms with van der Waals surface area (Å²) in [6.07, 6.45) is 1.03. The molecule has 0 aliphatic rings. The lowest BCUT2D eigenvalue weighted by Crippen LogP contribution is -2.31. The molecule has 1 atom stereocenters. The summed E-state index contributed by atoms with van der Waals surface area (Å²) in [6.45, 7) is 3.46. The molecule has 0 spiro atoms. The Hall–Kier alpha value is -0.420. The predicted molar refractivity (Wildman–Crippen MR) is 65.3 cm³/mol. The van der Waals surface area contributed by atoms with Gasteiger partial charge in [0.2, 0.25) is 0 Å². The van der Waals surface area contributed by atoms with Gasteiger partial charge in [0.05, 0.1) is 12.6 Å². The van der Waals surface area contributed by atoms with E-state index in [1.165, 1.54) is 0 Å². The number of nitrogens with one attached hydrogen (secondary N) is 1. The van der Waals surface area contributed by atoms with Crippen LogP contribution in [0.15, 0.2) is 28.7 Å². The summed E-state index contributed by atoms with van der Waals surface area (Å²) in [4.78, 5) is 0.